The van der Waals surface area contributed by atoms with Gasteiger partial charge in [0.15, 0.2) is 0 Å². The van der Waals surface area contributed by atoms with Crippen LogP contribution in [-0.2, 0) is 5.11 Å². The lowest BCUT2D eigenvalue weighted by atomic mass is 9.89. The summed E-state index contributed by atoms with van der Waals surface area (Å²) in [6.07, 6.45) is 7.93. The van der Waals surface area contributed by atoms with Crippen LogP contribution < -0.4 is 0 Å². The third-order valence-electron chi connectivity index (χ3n) is 2.69. The van der Waals surface area contributed by atoms with Gasteiger partial charge in [-0.3, -0.25) is 0 Å². The van der Waals surface area contributed by atoms with Gasteiger partial charge in [0.1, 0.15) is 0 Å². The molecular weight excluding hydrogens is 112 g/mol. The Labute approximate surface area is 55.4 Å². The fourth-order valence-electron chi connectivity index (χ4n) is 2.03. The van der Waals surface area contributed by atoms with Crippen molar-refractivity contribution < 1.29 is 5.11 Å². The molecule has 2 rings (SSSR count). The fourth-order valence-corrected chi connectivity index (χ4v) is 2.03. The van der Waals surface area contributed by atoms with Gasteiger partial charge in [0, 0.05) is 5.41 Å². The Morgan fingerprint density at radius 3 is 2.78 bits per heavy atom. The van der Waals surface area contributed by atoms with E-state index in [2.05, 4.69) is 12.2 Å². The molecule has 0 aromatic rings. The molecule has 2 unspecified atom stereocenters. The van der Waals surface area contributed by atoms with E-state index in [0.717, 1.165) is 18.8 Å². The number of fused-ring (bicyclic) bond motifs is 2. The maximum atomic E-state index is 10.7. The molecule has 1 fully saturated rings. The molecule has 0 aromatic carbocycles. The lowest BCUT2D eigenvalue weighted by molar-refractivity contribution is 0.106. The third kappa shape index (κ3) is 0.645. The average molecular weight is 123 g/mol. The van der Waals surface area contributed by atoms with Crippen molar-refractivity contribution in [2.45, 2.75) is 19.3 Å². The summed E-state index contributed by atoms with van der Waals surface area (Å²) in [5.41, 5.74) is 0.116. The smallest absolute Gasteiger partial charge is 0.0913 e. The summed E-state index contributed by atoms with van der Waals surface area (Å²) in [5, 5.41) is 10.7. The van der Waals surface area contributed by atoms with Gasteiger partial charge in [0.25, 0.3) is 0 Å². The Morgan fingerprint density at radius 1 is 1.67 bits per heavy atom. The standard InChI is InChI=1S/C8H11O/c9-6-8-3-1-7(5-8)2-4-8/h1,3,7H,2,4-6H2. The molecule has 49 valence electrons. The van der Waals surface area contributed by atoms with Crippen LogP contribution in [0.5, 0.6) is 0 Å². The van der Waals surface area contributed by atoms with Gasteiger partial charge in [-0.25, -0.2) is 5.11 Å². The predicted octanol–water partition coefficient (Wildman–Crippen LogP) is 1.77. The Bertz CT molecular complexity index is 151. The molecule has 0 saturated heterocycles. The largest absolute Gasteiger partial charge is 0.236 e. The van der Waals surface area contributed by atoms with Gasteiger partial charge in [-0.1, -0.05) is 12.2 Å². The molecular formula is C8H11O. The average Bonchev–Trinajstić information content (AvgIpc) is 2.46. The monoisotopic (exact) mass is 123 g/mol. The minimum absolute atomic E-state index is 0.111. The number of hydrogen-bond acceptors (Lipinski definition) is 0. The molecule has 1 heteroatoms. The summed E-state index contributed by atoms with van der Waals surface area (Å²) < 4.78 is 0. The topological polar surface area (TPSA) is 19.9 Å². The molecule has 2 aliphatic rings. The molecule has 0 spiro atoms. The highest BCUT2D eigenvalue weighted by Crippen LogP contribution is 2.48. The van der Waals surface area contributed by atoms with Gasteiger partial charge in [-0.15, -0.1) is 0 Å². The van der Waals surface area contributed by atoms with Crippen molar-refractivity contribution in [3.05, 3.63) is 12.2 Å². The summed E-state index contributed by atoms with van der Waals surface area (Å²) in [6.45, 7) is 0.111. The molecule has 1 saturated carbocycles. The van der Waals surface area contributed by atoms with Crippen LogP contribution in [0.15, 0.2) is 12.2 Å². The van der Waals surface area contributed by atoms with Crippen molar-refractivity contribution >= 4 is 0 Å². The van der Waals surface area contributed by atoms with Crippen molar-refractivity contribution in [1.82, 2.24) is 0 Å². The van der Waals surface area contributed by atoms with Crippen LogP contribution in [-0.4, -0.2) is 6.61 Å². The van der Waals surface area contributed by atoms with Gasteiger partial charge >= 0.3 is 0 Å². The summed E-state index contributed by atoms with van der Waals surface area (Å²) in [5.74, 6) is 0.763. The zero-order chi connectivity index (χ0) is 6.32. The first-order valence-corrected chi connectivity index (χ1v) is 3.62. The Balaban J connectivity index is 2.23. The molecule has 0 aromatic heterocycles. The Morgan fingerprint density at radius 2 is 2.56 bits per heavy atom. The summed E-state index contributed by atoms with van der Waals surface area (Å²) in [4.78, 5) is 0. The summed E-state index contributed by atoms with van der Waals surface area (Å²) >= 11 is 0. The molecule has 9 heavy (non-hydrogen) atoms. The second-order valence-corrected chi connectivity index (χ2v) is 3.37. The SMILES string of the molecule is [O]CC12C=CC(CC1)C2. The molecule has 1 radical (unpaired) electrons. The van der Waals surface area contributed by atoms with Crippen molar-refractivity contribution in [3.63, 3.8) is 0 Å². The van der Waals surface area contributed by atoms with Crippen LogP contribution in [0.2, 0.25) is 0 Å². The van der Waals surface area contributed by atoms with Crippen LogP contribution in [0.25, 0.3) is 0 Å². The first-order chi connectivity index (χ1) is 4.35. The molecule has 0 N–H and O–H groups in total. The van der Waals surface area contributed by atoms with E-state index in [9.17, 15) is 5.11 Å². The van der Waals surface area contributed by atoms with E-state index in [1.807, 2.05) is 0 Å². The number of allylic oxidation sites excluding steroid dienone is 1. The van der Waals surface area contributed by atoms with Crippen LogP contribution in [0, 0.1) is 11.3 Å². The predicted molar refractivity (Wildman–Crippen MR) is 34.5 cm³/mol. The van der Waals surface area contributed by atoms with Crippen molar-refractivity contribution in [2.75, 3.05) is 6.61 Å². The van der Waals surface area contributed by atoms with E-state index in [1.165, 1.54) is 6.42 Å². The van der Waals surface area contributed by atoms with Gasteiger partial charge in [-0.05, 0) is 25.2 Å². The van der Waals surface area contributed by atoms with Crippen molar-refractivity contribution in [1.29, 1.82) is 0 Å². The highest BCUT2D eigenvalue weighted by molar-refractivity contribution is 5.15. The van der Waals surface area contributed by atoms with Gasteiger partial charge in [0.05, 0.1) is 6.61 Å². The Kier molecular flexibility index (Phi) is 0.974. The molecule has 2 bridgehead atoms. The van der Waals surface area contributed by atoms with Crippen LogP contribution >= 0.6 is 0 Å². The molecule has 2 atom stereocenters. The van der Waals surface area contributed by atoms with Gasteiger partial charge in [0.2, 0.25) is 0 Å². The third-order valence-corrected chi connectivity index (χ3v) is 2.69. The van der Waals surface area contributed by atoms with Crippen LogP contribution in [0.4, 0.5) is 0 Å². The normalized spacial score (nSPS) is 46.6. The lowest BCUT2D eigenvalue weighted by Gasteiger charge is -2.17. The van der Waals surface area contributed by atoms with Crippen LogP contribution in [0.1, 0.15) is 19.3 Å². The lowest BCUT2D eigenvalue weighted by Crippen LogP contribution is -2.15. The van der Waals surface area contributed by atoms with E-state index >= 15 is 0 Å². The zero-order valence-electron chi connectivity index (χ0n) is 5.47. The second-order valence-electron chi connectivity index (χ2n) is 3.37. The quantitative estimate of drug-likeness (QED) is 0.473. The minimum Gasteiger partial charge on any atom is -0.236 e. The minimum atomic E-state index is 0.111. The van der Waals surface area contributed by atoms with E-state index in [1.54, 1.807) is 0 Å². The zero-order valence-corrected chi connectivity index (χ0v) is 5.47. The molecule has 0 aliphatic heterocycles. The van der Waals surface area contributed by atoms with Crippen LogP contribution in [0.3, 0.4) is 0 Å². The van der Waals surface area contributed by atoms with Crippen molar-refractivity contribution in [2.24, 2.45) is 11.3 Å². The summed E-state index contributed by atoms with van der Waals surface area (Å²) in [6, 6.07) is 0. The van der Waals surface area contributed by atoms with E-state index in [4.69, 9.17) is 0 Å². The fraction of sp³-hybridized carbons (Fsp3) is 0.750. The van der Waals surface area contributed by atoms with Gasteiger partial charge in [-0.2, -0.15) is 0 Å². The maximum Gasteiger partial charge on any atom is 0.0913 e. The highest BCUT2D eigenvalue weighted by atomic mass is 16.3. The maximum absolute atomic E-state index is 10.7. The van der Waals surface area contributed by atoms with Gasteiger partial charge < -0.3 is 0 Å². The van der Waals surface area contributed by atoms with E-state index in [-0.39, 0.29) is 12.0 Å². The highest BCUT2D eigenvalue weighted by Gasteiger charge is 2.40. The molecule has 2 aliphatic carbocycles. The van der Waals surface area contributed by atoms with Crippen molar-refractivity contribution in [3.8, 4) is 0 Å². The first kappa shape index (κ1) is 5.48. The van der Waals surface area contributed by atoms with E-state index in [0.29, 0.717) is 0 Å². The van der Waals surface area contributed by atoms with E-state index < -0.39 is 0 Å². The molecule has 0 amide bonds. The Hall–Kier alpha value is -0.300. The molecule has 1 nitrogen and oxygen atoms in total. The second kappa shape index (κ2) is 1.60. The number of rotatable bonds is 1. The summed E-state index contributed by atoms with van der Waals surface area (Å²) in [7, 11) is 0. The number of hydrogen-bond donors (Lipinski definition) is 0. The first-order valence-electron chi connectivity index (χ1n) is 3.62. The molecule has 0 heterocycles.